The summed E-state index contributed by atoms with van der Waals surface area (Å²) in [5.41, 5.74) is 4.00. The summed E-state index contributed by atoms with van der Waals surface area (Å²) in [4.78, 5) is 51.9. The van der Waals surface area contributed by atoms with E-state index in [0.29, 0.717) is 37.6 Å². The van der Waals surface area contributed by atoms with Gasteiger partial charge in [-0.25, -0.2) is 0 Å². The second-order valence-electron chi connectivity index (χ2n) is 11.0. The van der Waals surface area contributed by atoms with Crippen LogP contribution in [0.1, 0.15) is 60.8 Å². The summed E-state index contributed by atoms with van der Waals surface area (Å²) in [6.07, 6.45) is 3.21. The van der Waals surface area contributed by atoms with E-state index in [-0.39, 0.29) is 28.8 Å². The zero-order valence-corrected chi connectivity index (χ0v) is 22.5. The molecule has 0 aliphatic carbocycles. The van der Waals surface area contributed by atoms with Crippen molar-refractivity contribution < 1.29 is 9.59 Å². The number of H-pyrrole nitrogens is 1. The molecule has 8 nitrogen and oxygen atoms in total. The van der Waals surface area contributed by atoms with Gasteiger partial charge in [0.1, 0.15) is 5.82 Å². The van der Waals surface area contributed by atoms with Crippen LogP contribution in [0.3, 0.4) is 0 Å². The third kappa shape index (κ3) is 4.95. The predicted molar refractivity (Wildman–Crippen MR) is 149 cm³/mol. The Balaban J connectivity index is 1.33. The van der Waals surface area contributed by atoms with Gasteiger partial charge in [0.25, 0.3) is 5.91 Å². The molecule has 2 amide bonds. The summed E-state index contributed by atoms with van der Waals surface area (Å²) < 4.78 is 0. The molecule has 0 spiro atoms. The normalized spacial score (nSPS) is 17.2. The monoisotopic (exact) mass is 513 g/mol. The Bertz CT molecular complexity index is 1420. The van der Waals surface area contributed by atoms with Crippen molar-refractivity contribution in [1.29, 1.82) is 0 Å². The van der Waals surface area contributed by atoms with E-state index in [9.17, 15) is 14.4 Å². The number of amides is 2. The summed E-state index contributed by atoms with van der Waals surface area (Å²) in [6.45, 7) is 10.2. The Hall–Kier alpha value is -3.94. The fourth-order valence-electron chi connectivity index (χ4n) is 6.01. The number of aryl methyl sites for hydroxylation is 1. The SMILES string of the molecule is CC(=O)N(c1cccnc1C)C1CCN(c2cc(C(=O)N3Cc4ccccc4C(C)(C)C3)cc(=O)[nH]2)CC1. The summed E-state index contributed by atoms with van der Waals surface area (Å²) in [5, 5.41) is 0. The maximum absolute atomic E-state index is 13.6. The number of pyridine rings is 2. The van der Waals surface area contributed by atoms with Crippen molar-refractivity contribution in [3.8, 4) is 0 Å². The molecule has 2 aliphatic rings. The van der Waals surface area contributed by atoms with Crippen LogP contribution < -0.4 is 15.4 Å². The Morgan fingerprint density at radius 1 is 1.08 bits per heavy atom. The molecule has 0 atom stereocenters. The number of rotatable bonds is 4. The molecule has 1 aromatic carbocycles. The van der Waals surface area contributed by atoms with Crippen LogP contribution in [0, 0.1) is 6.92 Å². The van der Waals surface area contributed by atoms with Crippen molar-refractivity contribution in [1.82, 2.24) is 14.9 Å². The molecule has 5 rings (SSSR count). The molecule has 4 heterocycles. The minimum Gasteiger partial charge on any atom is -0.358 e. The molecule has 1 N–H and O–H groups in total. The Morgan fingerprint density at radius 3 is 2.53 bits per heavy atom. The number of anilines is 2. The molecule has 1 saturated heterocycles. The molecule has 2 aromatic heterocycles. The van der Waals surface area contributed by atoms with Crippen LogP contribution in [0.2, 0.25) is 0 Å². The fraction of sp³-hybridized carbons (Fsp3) is 0.400. The molecule has 0 bridgehead atoms. The van der Waals surface area contributed by atoms with Crippen LogP contribution in [0.5, 0.6) is 0 Å². The van der Waals surface area contributed by atoms with Crippen molar-refractivity contribution >= 4 is 23.3 Å². The summed E-state index contributed by atoms with van der Waals surface area (Å²) >= 11 is 0. The van der Waals surface area contributed by atoms with Gasteiger partial charge in [-0.1, -0.05) is 38.1 Å². The van der Waals surface area contributed by atoms with Crippen LogP contribution in [0.25, 0.3) is 0 Å². The maximum atomic E-state index is 13.6. The third-order valence-electron chi connectivity index (χ3n) is 7.81. The van der Waals surface area contributed by atoms with Crippen LogP contribution in [-0.2, 0) is 16.8 Å². The lowest BCUT2D eigenvalue weighted by molar-refractivity contribution is -0.117. The second kappa shape index (κ2) is 10.1. The van der Waals surface area contributed by atoms with E-state index in [1.807, 2.05) is 41.0 Å². The molecule has 198 valence electrons. The standard InChI is InChI=1S/C30H35N5O3/c1-20-26(10-7-13-31-20)35(21(2)36)24-11-14-33(15-12-24)27-16-23(17-28(37)32-27)29(38)34-18-22-8-5-6-9-25(22)30(3,4)19-34/h5-10,13,16-17,24H,11-12,14-15,18-19H2,1-4H3,(H,32,37). The van der Waals surface area contributed by atoms with Gasteiger partial charge >= 0.3 is 0 Å². The number of piperidine rings is 1. The van der Waals surface area contributed by atoms with Gasteiger partial charge in [0.15, 0.2) is 0 Å². The largest absolute Gasteiger partial charge is 0.358 e. The van der Waals surface area contributed by atoms with E-state index in [1.165, 1.54) is 11.6 Å². The van der Waals surface area contributed by atoms with Crippen molar-refractivity contribution in [3.05, 3.63) is 87.5 Å². The van der Waals surface area contributed by atoms with E-state index < -0.39 is 0 Å². The van der Waals surface area contributed by atoms with Crippen LogP contribution in [0.4, 0.5) is 11.5 Å². The number of benzene rings is 1. The summed E-state index contributed by atoms with van der Waals surface area (Å²) in [6, 6.07) is 15.3. The first kappa shape index (κ1) is 25.7. The fourth-order valence-corrected chi connectivity index (χ4v) is 6.01. The molecule has 3 aromatic rings. The highest BCUT2D eigenvalue weighted by atomic mass is 16.2. The van der Waals surface area contributed by atoms with Crippen molar-refractivity contribution in [2.45, 2.75) is 58.5 Å². The lowest BCUT2D eigenvalue weighted by atomic mass is 9.78. The smallest absolute Gasteiger partial charge is 0.254 e. The van der Waals surface area contributed by atoms with Gasteiger partial charge in [0, 0.05) is 62.4 Å². The minimum absolute atomic E-state index is 0.00780. The molecule has 8 heteroatoms. The van der Waals surface area contributed by atoms with E-state index in [4.69, 9.17) is 0 Å². The first-order chi connectivity index (χ1) is 18.1. The zero-order valence-electron chi connectivity index (χ0n) is 22.5. The number of nitrogens with one attached hydrogen (secondary N) is 1. The van der Waals surface area contributed by atoms with Gasteiger partial charge in [-0.15, -0.1) is 0 Å². The van der Waals surface area contributed by atoms with Crippen molar-refractivity contribution in [2.75, 3.05) is 29.4 Å². The molecular formula is C30H35N5O3. The van der Waals surface area contributed by atoms with Gasteiger partial charge in [0.05, 0.1) is 11.4 Å². The molecule has 0 unspecified atom stereocenters. The number of aromatic amines is 1. The average Bonchev–Trinajstić information content (AvgIpc) is 2.89. The quantitative estimate of drug-likeness (QED) is 0.569. The lowest BCUT2D eigenvalue weighted by Gasteiger charge is -2.40. The Kier molecular flexibility index (Phi) is 6.82. The number of nitrogens with zero attached hydrogens (tertiary/aromatic N) is 4. The molecular weight excluding hydrogens is 478 g/mol. The summed E-state index contributed by atoms with van der Waals surface area (Å²) in [7, 11) is 0. The molecule has 1 fully saturated rings. The Morgan fingerprint density at radius 2 is 1.82 bits per heavy atom. The van der Waals surface area contributed by atoms with Gasteiger partial charge in [-0.2, -0.15) is 0 Å². The molecule has 0 saturated carbocycles. The topological polar surface area (TPSA) is 89.6 Å². The van der Waals surface area contributed by atoms with E-state index in [0.717, 1.165) is 29.8 Å². The predicted octanol–water partition coefficient (Wildman–Crippen LogP) is 4.03. The number of hydrogen-bond donors (Lipinski definition) is 1. The van der Waals surface area contributed by atoms with Gasteiger partial charge in [-0.05, 0) is 49.1 Å². The van der Waals surface area contributed by atoms with Gasteiger partial charge < -0.3 is 19.7 Å². The Labute approximate surface area is 223 Å². The van der Waals surface area contributed by atoms with E-state index >= 15 is 0 Å². The summed E-state index contributed by atoms with van der Waals surface area (Å²) in [5.74, 6) is 0.499. The first-order valence-electron chi connectivity index (χ1n) is 13.2. The van der Waals surface area contributed by atoms with E-state index in [1.54, 1.807) is 19.2 Å². The number of fused-ring (bicyclic) bond motifs is 1. The van der Waals surface area contributed by atoms with Crippen LogP contribution in [-0.4, -0.2) is 52.4 Å². The highest BCUT2D eigenvalue weighted by Gasteiger charge is 2.34. The third-order valence-corrected chi connectivity index (χ3v) is 7.81. The number of aromatic nitrogens is 2. The van der Waals surface area contributed by atoms with Crippen molar-refractivity contribution in [2.24, 2.45) is 0 Å². The van der Waals surface area contributed by atoms with E-state index in [2.05, 4.69) is 40.8 Å². The zero-order chi connectivity index (χ0) is 27.0. The van der Waals surface area contributed by atoms with Crippen LogP contribution in [0.15, 0.2) is 59.5 Å². The molecule has 0 radical (unpaired) electrons. The molecule has 2 aliphatic heterocycles. The molecule has 38 heavy (non-hydrogen) atoms. The minimum atomic E-state index is -0.291. The van der Waals surface area contributed by atoms with Gasteiger partial charge in [0.2, 0.25) is 11.5 Å². The first-order valence-corrected chi connectivity index (χ1v) is 13.2. The average molecular weight is 514 g/mol. The number of carbonyl (C=O) groups excluding carboxylic acids is 2. The number of hydrogen-bond acceptors (Lipinski definition) is 5. The van der Waals surface area contributed by atoms with Gasteiger partial charge in [-0.3, -0.25) is 19.4 Å². The highest BCUT2D eigenvalue weighted by molar-refractivity contribution is 5.95. The number of carbonyl (C=O) groups is 2. The van der Waals surface area contributed by atoms with Crippen LogP contribution >= 0.6 is 0 Å². The van der Waals surface area contributed by atoms with Crippen molar-refractivity contribution in [3.63, 3.8) is 0 Å². The maximum Gasteiger partial charge on any atom is 0.254 e. The second-order valence-corrected chi connectivity index (χ2v) is 11.0. The highest BCUT2D eigenvalue weighted by Crippen LogP contribution is 2.34. The lowest BCUT2D eigenvalue weighted by Crippen LogP contribution is -2.48.